The van der Waals surface area contributed by atoms with Crippen LogP contribution in [-0.4, -0.2) is 35.1 Å². The number of imide groups is 1. The summed E-state index contributed by atoms with van der Waals surface area (Å²) >= 11 is 4.25. The van der Waals surface area contributed by atoms with Gasteiger partial charge in [0.1, 0.15) is 13.2 Å². The molecule has 1 saturated heterocycles. The first kappa shape index (κ1) is 30.1. The third-order valence-electron chi connectivity index (χ3n) is 6.23. The molecule has 1 fully saturated rings. The quantitative estimate of drug-likeness (QED) is 0.165. The van der Waals surface area contributed by atoms with E-state index in [1.54, 1.807) is 30.4 Å². The molecule has 0 saturated carbocycles. The van der Waals surface area contributed by atoms with Gasteiger partial charge >= 0.3 is 0 Å². The van der Waals surface area contributed by atoms with Gasteiger partial charge in [-0.3, -0.25) is 19.3 Å². The zero-order valence-corrected chi connectivity index (χ0v) is 25.3. The van der Waals surface area contributed by atoms with Crippen molar-refractivity contribution in [1.82, 2.24) is 4.90 Å². The molecule has 0 atom stereocenters. The maximum Gasteiger partial charge on any atom is 0.294 e. The number of nitrogens with zero attached hydrogens (tertiary/aromatic N) is 1. The second-order valence-corrected chi connectivity index (χ2v) is 11.1. The number of carbonyl (C=O) groups excluding carboxylic acids is 3. The molecule has 9 heteroatoms. The predicted octanol–water partition coefficient (Wildman–Crippen LogP) is 7.39. The number of hydrogen-bond donors (Lipinski definition) is 1. The van der Waals surface area contributed by atoms with E-state index in [0.717, 1.165) is 44.2 Å². The Hall–Kier alpha value is -3.82. The van der Waals surface area contributed by atoms with Crippen LogP contribution in [-0.2, 0) is 29.0 Å². The summed E-state index contributed by atoms with van der Waals surface area (Å²) < 4.78 is 13.1. The Labute approximate surface area is 252 Å². The van der Waals surface area contributed by atoms with Gasteiger partial charge in [0.15, 0.2) is 11.5 Å². The van der Waals surface area contributed by atoms with Crippen LogP contribution in [0.1, 0.15) is 36.1 Å². The van der Waals surface area contributed by atoms with Crippen LogP contribution in [0.15, 0.2) is 82.7 Å². The first-order chi connectivity index (χ1) is 19.8. The number of aryl methyl sites for hydroxylation is 1. The van der Waals surface area contributed by atoms with Gasteiger partial charge in [0.25, 0.3) is 11.1 Å². The Kier molecular flexibility index (Phi) is 10.4. The van der Waals surface area contributed by atoms with Crippen LogP contribution in [0.2, 0.25) is 0 Å². The molecule has 1 N–H and O–H groups in total. The number of allylic oxidation sites excluding steroid dienone is 1. The van der Waals surface area contributed by atoms with Crippen molar-refractivity contribution in [2.75, 3.05) is 18.5 Å². The van der Waals surface area contributed by atoms with Crippen molar-refractivity contribution < 1.29 is 23.9 Å². The Balaban J connectivity index is 1.52. The minimum absolute atomic E-state index is 0.227. The Morgan fingerprint density at radius 1 is 1.02 bits per heavy atom. The molecule has 0 bridgehead atoms. The van der Waals surface area contributed by atoms with Crippen molar-refractivity contribution in [3.63, 3.8) is 0 Å². The van der Waals surface area contributed by atoms with E-state index >= 15 is 0 Å². The molecule has 3 amide bonds. The van der Waals surface area contributed by atoms with Crippen molar-refractivity contribution in [3.05, 3.63) is 105 Å². The van der Waals surface area contributed by atoms with Gasteiger partial charge < -0.3 is 14.8 Å². The monoisotopic (exact) mass is 634 g/mol. The average molecular weight is 636 g/mol. The molecule has 1 heterocycles. The van der Waals surface area contributed by atoms with E-state index in [2.05, 4.69) is 27.8 Å². The van der Waals surface area contributed by atoms with Gasteiger partial charge in [-0.1, -0.05) is 53.2 Å². The Morgan fingerprint density at radius 3 is 2.39 bits per heavy atom. The Morgan fingerprint density at radius 2 is 1.73 bits per heavy atom. The van der Waals surface area contributed by atoms with Crippen LogP contribution in [0.25, 0.3) is 6.08 Å². The fourth-order valence-electron chi connectivity index (χ4n) is 4.19. The minimum Gasteiger partial charge on any atom is -0.490 e. The van der Waals surface area contributed by atoms with Gasteiger partial charge in [-0.15, -0.1) is 6.58 Å². The highest BCUT2D eigenvalue weighted by atomic mass is 79.9. The number of hydrogen-bond acceptors (Lipinski definition) is 6. The second kappa shape index (κ2) is 14.2. The van der Waals surface area contributed by atoms with Crippen molar-refractivity contribution in [2.24, 2.45) is 0 Å². The number of halogens is 1. The highest BCUT2D eigenvalue weighted by Gasteiger charge is 2.36. The molecule has 3 aromatic rings. The second-order valence-electron chi connectivity index (χ2n) is 9.21. The molecule has 212 valence electrons. The summed E-state index contributed by atoms with van der Waals surface area (Å²) in [5.41, 5.74) is 4.26. The van der Waals surface area contributed by atoms with Gasteiger partial charge in [-0.2, -0.15) is 0 Å². The highest BCUT2D eigenvalue weighted by molar-refractivity contribution is 9.10. The number of benzene rings is 3. The molecule has 1 aliphatic heterocycles. The molecule has 0 spiro atoms. The lowest BCUT2D eigenvalue weighted by molar-refractivity contribution is -0.127. The number of thioether (sulfide) groups is 1. The third kappa shape index (κ3) is 7.89. The number of rotatable bonds is 12. The smallest absolute Gasteiger partial charge is 0.294 e. The highest BCUT2D eigenvalue weighted by Crippen LogP contribution is 2.38. The fourth-order valence-corrected chi connectivity index (χ4v) is 5.29. The molecule has 0 radical (unpaired) electrons. The molecule has 41 heavy (non-hydrogen) atoms. The molecule has 0 aliphatic carbocycles. The van der Waals surface area contributed by atoms with E-state index in [0.29, 0.717) is 42.4 Å². The number of ether oxygens (including phenoxy) is 2. The summed E-state index contributed by atoms with van der Waals surface area (Å²) in [6.45, 7) is 8.19. The van der Waals surface area contributed by atoms with E-state index in [-0.39, 0.29) is 11.4 Å². The SMILES string of the molecule is C=CCc1cc(/C=C2\SC(=O)N(CC(=O)Nc3ccc(CC)cc3)C2=O)cc(OCC)c1OCc1ccc(Br)cc1. The summed E-state index contributed by atoms with van der Waals surface area (Å²) in [4.78, 5) is 39.6. The number of amides is 3. The van der Waals surface area contributed by atoms with Crippen molar-refractivity contribution >= 4 is 56.5 Å². The standard InChI is InChI=1S/C32H31BrN2O5S/c1-4-7-24-16-23(17-27(39-6-3)30(24)40-20-22-8-12-25(33)13-9-22)18-28-31(37)35(32(38)41-28)19-29(36)34-26-14-10-21(5-2)11-15-26/h4,8-18H,1,5-7,19-20H2,2-3H3,(H,34,36)/b28-18-. The van der Waals surface area contributed by atoms with Crippen LogP contribution in [0.4, 0.5) is 10.5 Å². The van der Waals surface area contributed by atoms with Gasteiger partial charge in [0, 0.05) is 15.7 Å². The maximum absolute atomic E-state index is 13.1. The average Bonchev–Trinajstić information content (AvgIpc) is 3.21. The summed E-state index contributed by atoms with van der Waals surface area (Å²) in [5.74, 6) is 0.165. The topological polar surface area (TPSA) is 84.9 Å². The zero-order valence-electron chi connectivity index (χ0n) is 22.9. The first-order valence-electron chi connectivity index (χ1n) is 13.2. The van der Waals surface area contributed by atoms with E-state index in [1.165, 1.54) is 0 Å². The van der Waals surface area contributed by atoms with Crippen LogP contribution in [0.3, 0.4) is 0 Å². The van der Waals surface area contributed by atoms with Gasteiger partial charge in [-0.25, -0.2) is 0 Å². The fraction of sp³-hybridized carbons (Fsp3) is 0.219. The lowest BCUT2D eigenvalue weighted by atomic mass is 10.0. The lowest BCUT2D eigenvalue weighted by Gasteiger charge is -2.17. The number of nitrogens with one attached hydrogen (secondary N) is 1. The molecular weight excluding hydrogens is 604 g/mol. The van der Waals surface area contributed by atoms with E-state index in [4.69, 9.17) is 9.47 Å². The van der Waals surface area contributed by atoms with Crippen LogP contribution < -0.4 is 14.8 Å². The number of carbonyl (C=O) groups is 3. The van der Waals surface area contributed by atoms with E-state index in [1.807, 2.05) is 56.3 Å². The summed E-state index contributed by atoms with van der Waals surface area (Å²) in [5, 5.41) is 2.25. The summed E-state index contributed by atoms with van der Waals surface area (Å²) in [7, 11) is 0. The first-order valence-corrected chi connectivity index (χ1v) is 14.8. The van der Waals surface area contributed by atoms with E-state index < -0.39 is 17.1 Å². The molecule has 7 nitrogen and oxygen atoms in total. The van der Waals surface area contributed by atoms with Crippen LogP contribution in [0.5, 0.6) is 11.5 Å². The largest absolute Gasteiger partial charge is 0.490 e. The molecule has 1 aliphatic rings. The van der Waals surface area contributed by atoms with Gasteiger partial charge in [-0.05, 0) is 90.7 Å². The molecule has 4 rings (SSSR count). The summed E-state index contributed by atoms with van der Waals surface area (Å²) in [6, 6.07) is 19.0. The molecular formula is C32H31BrN2O5S. The molecule has 0 aromatic heterocycles. The van der Waals surface area contributed by atoms with Crippen molar-refractivity contribution in [3.8, 4) is 11.5 Å². The predicted molar refractivity (Wildman–Crippen MR) is 167 cm³/mol. The van der Waals surface area contributed by atoms with E-state index in [9.17, 15) is 14.4 Å². The minimum atomic E-state index is -0.518. The van der Waals surface area contributed by atoms with Crippen molar-refractivity contribution in [2.45, 2.75) is 33.3 Å². The van der Waals surface area contributed by atoms with Crippen LogP contribution >= 0.6 is 27.7 Å². The molecule has 0 unspecified atom stereocenters. The third-order valence-corrected chi connectivity index (χ3v) is 7.67. The molecule has 3 aromatic carbocycles. The lowest BCUT2D eigenvalue weighted by Crippen LogP contribution is -2.36. The zero-order chi connectivity index (χ0) is 29.4. The summed E-state index contributed by atoms with van der Waals surface area (Å²) in [6.07, 6.45) is 4.81. The van der Waals surface area contributed by atoms with Gasteiger partial charge in [0.05, 0.1) is 11.5 Å². The maximum atomic E-state index is 13.1. The van der Waals surface area contributed by atoms with Crippen molar-refractivity contribution in [1.29, 1.82) is 0 Å². The van der Waals surface area contributed by atoms with Gasteiger partial charge in [0.2, 0.25) is 5.91 Å². The van der Waals surface area contributed by atoms with Crippen LogP contribution in [0, 0.1) is 0 Å². The number of anilines is 1. The Bertz CT molecular complexity index is 1470. The normalized spacial score (nSPS) is 13.9.